The fourth-order valence-electron chi connectivity index (χ4n) is 1.68. The molecule has 1 N–H and O–H groups in total. The van der Waals surface area contributed by atoms with E-state index in [0.717, 1.165) is 0 Å². The topological polar surface area (TPSA) is 43.3 Å². The van der Waals surface area contributed by atoms with Crippen LogP contribution in [0.4, 0.5) is 0 Å². The molecule has 0 saturated carbocycles. The average Bonchev–Trinajstić information content (AvgIpc) is 2.81. The summed E-state index contributed by atoms with van der Waals surface area (Å²) in [5, 5.41) is 3.09. The van der Waals surface area contributed by atoms with Gasteiger partial charge in [-0.15, -0.1) is 0 Å². The summed E-state index contributed by atoms with van der Waals surface area (Å²) in [5.74, 6) is -0.146. The number of fused-ring (bicyclic) bond motifs is 1. The quantitative estimate of drug-likeness (QED) is 0.871. The maximum atomic E-state index is 10.9. The summed E-state index contributed by atoms with van der Waals surface area (Å²) in [6.07, 6.45) is 2.08. The molecule has 0 bridgehead atoms. The third kappa shape index (κ3) is 2.41. The zero-order chi connectivity index (χ0) is 15.7. The summed E-state index contributed by atoms with van der Waals surface area (Å²) < 4.78 is 32.8. The number of para-hydroxylation sites is 1. The Hall–Kier alpha value is -1.97. The fourth-order valence-corrected chi connectivity index (χ4v) is 1.68. The summed E-state index contributed by atoms with van der Waals surface area (Å²) in [5.41, 5.74) is 1.01. The molecule has 0 unspecified atom stereocenters. The van der Waals surface area contributed by atoms with Crippen LogP contribution in [0, 0.1) is 0 Å². The minimum atomic E-state index is -0.294. The Morgan fingerprint density at radius 1 is 1.53 bits per heavy atom. The molecule has 0 spiro atoms. The van der Waals surface area contributed by atoms with Crippen molar-refractivity contribution in [2.45, 2.75) is 13.3 Å². The lowest BCUT2D eigenvalue weighted by atomic mass is 10.1. The number of benzene rings is 1. The highest BCUT2D eigenvalue weighted by Crippen LogP contribution is 2.20. The van der Waals surface area contributed by atoms with E-state index in [1.165, 1.54) is 18.8 Å². The highest BCUT2D eigenvalue weighted by Gasteiger charge is 2.07. The Balaban J connectivity index is 2.59. The van der Waals surface area contributed by atoms with Gasteiger partial charge in [-0.05, 0) is 18.0 Å². The van der Waals surface area contributed by atoms with Gasteiger partial charge in [0, 0.05) is 25.1 Å². The molecule has 0 radical (unpaired) electrons. The number of nitrogens with one attached hydrogen (secondary N) is 1. The maximum Gasteiger partial charge on any atom is 0.216 e. The van der Waals surface area contributed by atoms with Gasteiger partial charge in [0.1, 0.15) is 7.11 Å². The second-order valence-corrected chi connectivity index (χ2v) is 3.62. The van der Waals surface area contributed by atoms with Crippen LogP contribution < -0.4 is 10.2 Å². The normalized spacial score (nSPS) is 13.8. The van der Waals surface area contributed by atoms with Gasteiger partial charge >= 0.3 is 0 Å². The van der Waals surface area contributed by atoms with Gasteiger partial charge in [0.2, 0.25) is 5.91 Å². The molecule has 0 atom stereocenters. The zero-order valence-corrected chi connectivity index (χ0v) is 9.76. The van der Waals surface area contributed by atoms with E-state index in [1.54, 1.807) is 6.20 Å². The van der Waals surface area contributed by atoms with Crippen LogP contribution in [0.2, 0.25) is 0 Å². The molecule has 17 heavy (non-hydrogen) atoms. The van der Waals surface area contributed by atoms with Crippen molar-refractivity contribution in [1.82, 2.24) is 10.0 Å². The summed E-state index contributed by atoms with van der Waals surface area (Å²) >= 11 is 0. The van der Waals surface area contributed by atoms with Crippen LogP contribution >= 0.6 is 0 Å². The second-order valence-electron chi connectivity index (χ2n) is 3.62. The average molecular weight is 236 g/mol. The van der Waals surface area contributed by atoms with Crippen LogP contribution in [-0.2, 0) is 11.2 Å². The molecule has 0 aliphatic rings. The number of rotatable bonds is 4. The molecule has 1 aromatic heterocycles. The van der Waals surface area contributed by atoms with Gasteiger partial charge in [0.25, 0.3) is 0 Å². The van der Waals surface area contributed by atoms with Crippen molar-refractivity contribution in [3.8, 4) is 0 Å². The number of carbonyl (C=O) groups excluding carboxylic acids is 1. The van der Waals surface area contributed by atoms with Gasteiger partial charge < -0.3 is 10.2 Å². The largest absolute Gasteiger partial charge is 0.417 e. The van der Waals surface area contributed by atoms with Crippen LogP contribution in [0.3, 0.4) is 0 Å². The molecule has 4 nitrogen and oxygen atoms in total. The molecule has 2 rings (SSSR count). The third-order valence-electron chi connectivity index (χ3n) is 2.45. The molecule has 4 heteroatoms. The molecule has 1 aromatic carbocycles. The fraction of sp³-hybridized carbons (Fsp3) is 0.308. The monoisotopic (exact) mass is 236 g/mol. The highest BCUT2D eigenvalue weighted by atomic mass is 16.6. The lowest BCUT2D eigenvalue weighted by Gasteiger charge is -2.00. The van der Waals surface area contributed by atoms with Crippen LogP contribution in [0.5, 0.6) is 0 Å². The van der Waals surface area contributed by atoms with Crippen LogP contribution in [0.25, 0.3) is 10.9 Å². The van der Waals surface area contributed by atoms with E-state index >= 15 is 0 Å². The van der Waals surface area contributed by atoms with Gasteiger partial charge in [0.15, 0.2) is 0 Å². The molecular weight excluding hydrogens is 216 g/mol. The maximum absolute atomic E-state index is 10.9. The Labute approximate surface area is 106 Å². The van der Waals surface area contributed by atoms with Crippen molar-refractivity contribution >= 4 is 16.8 Å². The van der Waals surface area contributed by atoms with E-state index in [2.05, 4.69) is 5.32 Å². The molecule has 0 aliphatic heterocycles. The van der Waals surface area contributed by atoms with E-state index in [1.807, 2.05) is 0 Å². The van der Waals surface area contributed by atoms with Gasteiger partial charge in [-0.3, -0.25) is 4.79 Å². The van der Waals surface area contributed by atoms with E-state index in [9.17, 15) is 4.79 Å². The first kappa shape index (κ1) is 7.37. The molecule has 90 valence electrons. The number of hydrogen-bond donors (Lipinski definition) is 1. The van der Waals surface area contributed by atoms with E-state index in [4.69, 9.17) is 10.3 Å². The number of aromatic nitrogens is 1. The minimum Gasteiger partial charge on any atom is -0.417 e. The third-order valence-corrected chi connectivity index (χ3v) is 2.45. The Bertz CT molecular complexity index is 712. The molecule has 0 saturated heterocycles. The van der Waals surface area contributed by atoms with Gasteiger partial charge in [0.05, 0.1) is 11.0 Å². The molecule has 1 heterocycles. The molecule has 0 fully saturated rings. The van der Waals surface area contributed by atoms with Crippen LogP contribution in [-0.4, -0.2) is 24.3 Å². The van der Waals surface area contributed by atoms with Gasteiger partial charge in [-0.25, -0.2) is 0 Å². The van der Waals surface area contributed by atoms with Crippen molar-refractivity contribution in [1.29, 1.82) is 0 Å². The number of nitrogens with zero attached hydrogens (tertiary/aromatic N) is 1. The van der Waals surface area contributed by atoms with Crippen LogP contribution in [0.15, 0.2) is 30.4 Å². The summed E-state index contributed by atoms with van der Waals surface area (Å²) in [6, 6.07) is -0.808. The zero-order valence-electron chi connectivity index (χ0n) is 13.8. The Morgan fingerprint density at radius 3 is 3.00 bits per heavy atom. The van der Waals surface area contributed by atoms with E-state index in [-0.39, 0.29) is 30.1 Å². The second kappa shape index (κ2) is 4.91. The van der Waals surface area contributed by atoms with Crippen molar-refractivity contribution < 1.29 is 15.1 Å². The highest BCUT2D eigenvalue weighted by molar-refractivity contribution is 5.83. The predicted octanol–water partition coefficient (Wildman–Crippen LogP) is 1.38. The van der Waals surface area contributed by atoms with Crippen molar-refractivity contribution in [3.05, 3.63) is 35.9 Å². The van der Waals surface area contributed by atoms with Crippen molar-refractivity contribution in [2.75, 3.05) is 13.7 Å². The van der Waals surface area contributed by atoms with Gasteiger partial charge in [-0.2, -0.15) is 4.73 Å². The standard InChI is InChI=1S/C13H16N2O2/c1-10(16)14-8-7-11-9-15(17-2)13-6-4-3-5-12(11)13/h3-6,9H,7-8H2,1-2H3,(H,14,16)/i3D,4D,5D,6D. The number of amides is 1. The first-order valence-electron chi connectivity index (χ1n) is 7.27. The van der Waals surface area contributed by atoms with Crippen molar-refractivity contribution in [3.63, 3.8) is 0 Å². The number of hydrogen-bond acceptors (Lipinski definition) is 2. The minimum absolute atomic E-state index is 0.0976. The summed E-state index contributed by atoms with van der Waals surface area (Å²) in [6.45, 7) is 1.81. The molecular formula is C13H16N2O2. The lowest BCUT2D eigenvalue weighted by molar-refractivity contribution is -0.118. The predicted molar refractivity (Wildman–Crippen MR) is 66.8 cm³/mol. The number of carbonyl (C=O) groups is 1. The van der Waals surface area contributed by atoms with Crippen molar-refractivity contribution in [2.24, 2.45) is 0 Å². The summed E-state index contributed by atoms with van der Waals surface area (Å²) in [7, 11) is 1.43. The lowest BCUT2D eigenvalue weighted by Crippen LogP contribution is -2.22. The summed E-state index contributed by atoms with van der Waals surface area (Å²) in [4.78, 5) is 16.1. The molecule has 0 aliphatic carbocycles. The van der Waals surface area contributed by atoms with E-state index < -0.39 is 0 Å². The molecule has 2 aromatic rings. The SMILES string of the molecule is [2H]c1c([2H])c([2H])c2c(c(CCNC(C)=O)cn2OC)c1[2H]. The first-order chi connectivity index (χ1) is 9.88. The van der Waals surface area contributed by atoms with E-state index in [0.29, 0.717) is 29.4 Å². The first-order valence-corrected chi connectivity index (χ1v) is 5.27. The Morgan fingerprint density at radius 2 is 2.29 bits per heavy atom. The molecule has 1 amide bonds. The van der Waals surface area contributed by atoms with Crippen LogP contribution in [0.1, 0.15) is 18.0 Å². The van der Waals surface area contributed by atoms with Gasteiger partial charge in [-0.1, -0.05) is 18.1 Å². The Kier molecular flexibility index (Phi) is 2.13. The smallest absolute Gasteiger partial charge is 0.216 e.